The van der Waals surface area contributed by atoms with Crippen LogP contribution in [0.1, 0.15) is 28.8 Å². The summed E-state index contributed by atoms with van der Waals surface area (Å²) in [5, 5.41) is 1.69. The largest absolute Gasteiger partial charge is 0.405 e. The molecule has 0 saturated carbocycles. The minimum atomic E-state index is -4.49. The molecule has 9 heteroatoms. The Labute approximate surface area is 146 Å². The first-order valence-electron chi connectivity index (χ1n) is 7.81. The number of carbonyl (C=O) groups is 2. The van der Waals surface area contributed by atoms with Gasteiger partial charge in [-0.15, -0.1) is 0 Å². The summed E-state index contributed by atoms with van der Waals surface area (Å²) in [7, 11) is -1.62. The monoisotopic (exact) mass is 376 g/mol. The van der Waals surface area contributed by atoms with Crippen LogP contribution in [0.15, 0.2) is 24.3 Å². The Kier molecular flexibility index (Phi) is 6.57. The van der Waals surface area contributed by atoms with E-state index in [2.05, 4.69) is 0 Å². The maximum Gasteiger partial charge on any atom is 0.405 e. The number of halogens is 3. The SMILES string of the molecule is O=C(CS(=O)Cc1ccc(C(=O)N2CCCC2)cc1)NCC(F)(F)F. The topological polar surface area (TPSA) is 66.5 Å². The molecule has 0 aromatic heterocycles. The third kappa shape index (κ3) is 6.49. The van der Waals surface area contributed by atoms with Crippen molar-refractivity contribution in [3.8, 4) is 0 Å². The molecule has 0 radical (unpaired) electrons. The average Bonchev–Trinajstić information content (AvgIpc) is 3.06. The van der Waals surface area contributed by atoms with E-state index in [1.165, 1.54) is 0 Å². The molecule has 1 atom stereocenters. The average molecular weight is 376 g/mol. The molecule has 5 nitrogen and oxygen atoms in total. The number of hydrogen-bond acceptors (Lipinski definition) is 3. The first-order valence-corrected chi connectivity index (χ1v) is 9.30. The quantitative estimate of drug-likeness (QED) is 0.824. The number of amides is 2. The van der Waals surface area contributed by atoms with Crippen molar-refractivity contribution in [2.75, 3.05) is 25.4 Å². The van der Waals surface area contributed by atoms with Crippen LogP contribution in [0.3, 0.4) is 0 Å². The summed E-state index contributed by atoms with van der Waals surface area (Å²) in [6, 6.07) is 6.57. The van der Waals surface area contributed by atoms with Crippen LogP contribution < -0.4 is 5.32 Å². The molecule has 1 unspecified atom stereocenters. The Bertz CT molecular complexity index is 641. The summed E-state index contributed by atoms with van der Waals surface area (Å²) in [5.41, 5.74) is 1.19. The molecule has 25 heavy (non-hydrogen) atoms. The summed E-state index contributed by atoms with van der Waals surface area (Å²) >= 11 is 0. The van der Waals surface area contributed by atoms with E-state index in [4.69, 9.17) is 0 Å². The third-order valence-corrected chi connectivity index (χ3v) is 4.94. The van der Waals surface area contributed by atoms with E-state index < -0.39 is 35.2 Å². The number of carbonyl (C=O) groups excluding carboxylic acids is 2. The van der Waals surface area contributed by atoms with Crippen molar-refractivity contribution in [1.82, 2.24) is 10.2 Å². The minimum Gasteiger partial charge on any atom is -0.346 e. The minimum absolute atomic E-state index is 0.0393. The predicted octanol–water partition coefficient (Wildman–Crippen LogP) is 1.85. The highest BCUT2D eigenvalue weighted by Crippen LogP contribution is 2.15. The van der Waals surface area contributed by atoms with Gasteiger partial charge in [-0.3, -0.25) is 13.8 Å². The molecule has 1 saturated heterocycles. The lowest BCUT2D eigenvalue weighted by atomic mass is 10.1. The zero-order valence-electron chi connectivity index (χ0n) is 13.5. The van der Waals surface area contributed by atoms with Crippen molar-refractivity contribution < 1.29 is 27.0 Å². The first-order chi connectivity index (χ1) is 11.7. The van der Waals surface area contributed by atoms with Crippen molar-refractivity contribution in [3.63, 3.8) is 0 Å². The fraction of sp³-hybridized carbons (Fsp3) is 0.500. The lowest BCUT2D eigenvalue weighted by Crippen LogP contribution is -2.36. The van der Waals surface area contributed by atoms with E-state index in [1.54, 1.807) is 34.5 Å². The molecule has 0 spiro atoms. The van der Waals surface area contributed by atoms with Crippen LogP contribution in [0.2, 0.25) is 0 Å². The Morgan fingerprint density at radius 2 is 1.72 bits per heavy atom. The Balaban J connectivity index is 1.83. The van der Waals surface area contributed by atoms with Crippen molar-refractivity contribution >= 4 is 22.6 Å². The molecular formula is C16H19F3N2O3S. The van der Waals surface area contributed by atoms with Crippen molar-refractivity contribution in [2.24, 2.45) is 0 Å². The molecule has 0 bridgehead atoms. The number of nitrogens with zero attached hydrogens (tertiary/aromatic N) is 1. The molecule has 1 N–H and O–H groups in total. The fourth-order valence-corrected chi connectivity index (χ4v) is 3.54. The molecule has 1 aliphatic heterocycles. The molecule has 138 valence electrons. The molecule has 2 amide bonds. The van der Waals surface area contributed by atoms with Crippen molar-refractivity contribution in [1.29, 1.82) is 0 Å². The summed E-state index contributed by atoms with van der Waals surface area (Å²) in [5.74, 6) is -1.41. The van der Waals surface area contributed by atoms with E-state index in [0.29, 0.717) is 11.1 Å². The van der Waals surface area contributed by atoms with Gasteiger partial charge in [0.1, 0.15) is 12.3 Å². The zero-order chi connectivity index (χ0) is 18.4. The second-order valence-corrected chi connectivity index (χ2v) is 7.27. The Morgan fingerprint density at radius 1 is 1.12 bits per heavy atom. The van der Waals surface area contributed by atoms with Gasteiger partial charge in [-0.25, -0.2) is 0 Å². The fourth-order valence-electron chi connectivity index (χ4n) is 2.48. The van der Waals surface area contributed by atoms with Gasteiger partial charge in [0.25, 0.3) is 5.91 Å². The number of likely N-dealkylation sites (tertiary alicyclic amines) is 1. The van der Waals surface area contributed by atoms with Gasteiger partial charge in [-0.2, -0.15) is 13.2 Å². The highest BCUT2D eigenvalue weighted by Gasteiger charge is 2.28. The van der Waals surface area contributed by atoms with Crippen LogP contribution in [-0.2, 0) is 21.3 Å². The number of rotatable bonds is 6. The summed E-state index contributed by atoms with van der Waals surface area (Å²) in [6.45, 7) is 0.0611. The van der Waals surface area contributed by atoms with Gasteiger partial charge in [0.05, 0.1) is 0 Å². The number of alkyl halides is 3. The highest BCUT2D eigenvalue weighted by atomic mass is 32.2. The van der Waals surface area contributed by atoms with Gasteiger partial charge >= 0.3 is 6.18 Å². The van der Waals surface area contributed by atoms with Gasteiger partial charge < -0.3 is 10.2 Å². The third-order valence-electron chi connectivity index (χ3n) is 3.70. The second kappa shape index (κ2) is 8.46. The van der Waals surface area contributed by atoms with Crippen LogP contribution in [0.4, 0.5) is 13.2 Å². The molecule has 1 aliphatic rings. The van der Waals surface area contributed by atoms with Gasteiger partial charge in [-0.1, -0.05) is 12.1 Å². The maximum atomic E-state index is 12.2. The Hall–Kier alpha value is -1.90. The zero-order valence-corrected chi connectivity index (χ0v) is 14.3. The summed E-state index contributed by atoms with van der Waals surface area (Å²) < 4.78 is 47.9. The molecular weight excluding hydrogens is 357 g/mol. The summed E-state index contributed by atoms with van der Waals surface area (Å²) in [6.07, 6.45) is -2.49. The van der Waals surface area contributed by atoms with E-state index >= 15 is 0 Å². The normalized spacial score (nSPS) is 15.9. The molecule has 0 aliphatic carbocycles. The number of hydrogen-bond donors (Lipinski definition) is 1. The van der Waals surface area contributed by atoms with E-state index in [0.717, 1.165) is 25.9 Å². The first kappa shape index (κ1) is 19.4. The van der Waals surface area contributed by atoms with Crippen molar-refractivity contribution in [3.05, 3.63) is 35.4 Å². The van der Waals surface area contributed by atoms with Crippen molar-refractivity contribution in [2.45, 2.75) is 24.8 Å². The Morgan fingerprint density at radius 3 is 2.28 bits per heavy atom. The number of benzene rings is 1. The van der Waals surface area contributed by atoms with Crippen LogP contribution in [0, 0.1) is 0 Å². The van der Waals surface area contributed by atoms with E-state index in [9.17, 15) is 27.0 Å². The van der Waals surface area contributed by atoms with E-state index in [1.807, 2.05) is 0 Å². The van der Waals surface area contributed by atoms with Crippen LogP contribution in [0.5, 0.6) is 0 Å². The maximum absolute atomic E-state index is 12.2. The molecule has 1 aromatic rings. The molecule has 2 rings (SSSR count). The van der Waals surface area contributed by atoms with Gasteiger partial charge in [0.2, 0.25) is 5.91 Å². The van der Waals surface area contributed by atoms with Crippen LogP contribution in [-0.4, -0.2) is 52.5 Å². The predicted molar refractivity (Wildman–Crippen MR) is 87.4 cm³/mol. The molecule has 1 heterocycles. The lowest BCUT2D eigenvalue weighted by molar-refractivity contribution is -0.136. The van der Waals surface area contributed by atoms with Gasteiger partial charge in [0.15, 0.2) is 0 Å². The second-order valence-electron chi connectivity index (χ2n) is 5.82. The van der Waals surface area contributed by atoms with Crippen LogP contribution >= 0.6 is 0 Å². The highest BCUT2D eigenvalue weighted by molar-refractivity contribution is 7.84. The van der Waals surface area contributed by atoms with Crippen LogP contribution in [0.25, 0.3) is 0 Å². The number of nitrogens with one attached hydrogen (secondary N) is 1. The standard InChI is InChI=1S/C16H19F3N2O3S/c17-16(18,19)11-20-14(22)10-25(24)9-12-3-5-13(6-4-12)15(23)21-7-1-2-8-21/h3-6H,1-2,7-11H2,(H,20,22). The molecule has 1 fully saturated rings. The molecule has 1 aromatic carbocycles. The lowest BCUT2D eigenvalue weighted by Gasteiger charge is -2.15. The van der Waals surface area contributed by atoms with Gasteiger partial charge in [0, 0.05) is 35.2 Å². The van der Waals surface area contributed by atoms with Gasteiger partial charge in [-0.05, 0) is 30.5 Å². The summed E-state index contributed by atoms with van der Waals surface area (Å²) in [4.78, 5) is 25.3. The smallest absolute Gasteiger partial charge is 0.346 e. The van der Waals surface area contributed by atoms with E-state index in [-0.39, 0.29) is 11.7 Å².